The van der Waals surface area contributed by atoms with Gasteiger partial charge < -0.3 is 44.2 Å². The van der Waals surface area contributed by atoms with Crippen LogP contribution in [0.1, 0.15) is 19.4 Å². The summed E-state index contributed by atoms with van der Waals surface area (Å²) in [6.07, 6.45) is -7.36. The minimum absolute atomic E-state index is 0.0580. The Hall–Kier alpha value is -2.21. The van der Waals surface area contributed by atoms with E-state index in [2.05, 4.69) is 0 Å². The lowest BCUT2D eigenvalue weighted by Crippen LogP contribution is -2.61. The number of hydrogen-bond acceptors (Lipinski definition) is 10. The molecule has 3 heterocycles. The summed E-state index contributed by atoms with van der Waals surface area (Å²) in [5.74, 6) is 0.280. The average Bonchev–Trinajstić information content (AvgIpc) is 3.13. The maximum absolute atomic E-state index is 11.5. The molecule has 10 heteroatoms. The maximum atomic E-state index is 11.5. The topological polar surface area (TPSA) is 159 Å². The summed E-state index contributed by atoms with van der Waals surface area (Å²) in [7, 11) is 0. The number of aromatic hydroxyl groups is 1. The quantitative estimate of drug-likeness (QED) is 0.401. The van der Waals surface area contributed by atoms with Gasteiger partial charge >= 0.3 is 5.63 Å². The molecule has 0 bridgehead atoms. The van der Waals surface area contributed by atoms with Crippen LogP contribution in [0.15, 0.2) is 27.4 Å². The summed E-state index contributed by atoms with van der Waals surface area (Å²) in [6, 6.07) is 4.21. The number of hydrogen-bond donors (Lipinski definition) is 5. The number of rotatable bonds is 4. The Morgan fingerprint density at radius 1 is 1.17 bits per heavy atom. The smallest absolute Gasteiger partial charge is 0.336 e. The summed E-state index contributed by atoms with van der Waals surface area (Å²) in [5, 5.41) is 50.4. The van der Waals surface area contributed by atoms with Gasteiger partial charge in [0, 0.05) is 24.1 Å². The minimum Gasteiger partial charge on any atom is -0.507 e. The number of ether oxygens (including phenoxy) is 3. The molecule has 1 aromatic heterocycles. The van der Waals surface area contributed by atoms with E-state index in [1.165, 1.54) is 18.2 Å². The van der Waals surface area contributed by atoms with E-state index >= 15 is 0 Å². The van der Waals surface area contributed by atoms with E-state index < -0.39 is 54.6 Å². The summed E-state index contributed by atoms with van der Waals surface area (Å²) < 4.78 is 22.3. The first kappa shape index (κ1) is 21.0. The Bertz CT molecular complexity index is 997. The van der Waals surface area contributed by atoms with Gasteiger partial charge in [0.25, 0.3) is 0 Å². The first-order valence-electron chi connectivity index (χ1n) is 9.56. The van der Waals surface area contributed by atoms with Crippen LogP contribution in [-0.4, -0.2) is 74.6 Å². The SMILES string of the molecule is CC(C)(O[C@@H]1O[C@H](CO)[C@@H](O)[C@H](O)[C@H]1O)[C@H]1Cc2c(cc3oc(=O)ccc3c2O)O1. The first-order valence-corrected chi connectivity index (χ1v) is 9.56. The lowest BCUT2D eigenvalue weighted by molar-refractivity contribution is -0.329. The maximum Gasteiger partial charge on any atom is 0.336 e. The highest BCUT2D eigenvalue weighted by Crippen LogP contribution is 2.44. The number of phenolic OH excluding ortho intramolecular Hbond substituents is 1. The summed E-state index contributed by atoms with van der Waals surface area (Å²) in [6.45, 7) is 2.80. The molecule has 0 saturated carbocycles. The standard InChI is InChI=1S/C20H24O10/c1-20(2,30-19-18(26)17(25)16(24)12(7-21)29-19)13-5-9-11(27-13)6-10-8(15(9)23)3-4-14(22)28-10/h3-4,6,12-13,16-19,21,23-26H,5,7H2,1-2H3/t12-,13-,16-,17+,18-,19+/m1/s1. The molecule has 30 heavy (non-hydrogen) atoms. The van der Waals surface area contributed by atoms with E-state index in [1.54, 1.807) is 13.8 Å². The largest absolute Gasteiger partial charge is 0.507 e. The van der Waals surface area contributed by atoms with Crippen LogP contribution in [0.4, 0.5) is 0 Å². The van der Waals surface area contributed by atoms with Gasteiger partial charge in [-0.1, -0.05) is 0 Å². The predicted molar refractivity (Wildman–Crippen MR) is 101 cm³/mol. The minimum atomic E-state index is -1.56. The Kier molecular flexibility index (Phi) is 5.25. The second-order valence-electron chi connectivity index (χ2n) is 8.10. The monoisotopic (exact) mass is 424 g/mol. The zero-order chi connectivity index (χ0) is 21.8. The molecule has 1 saturated heterocycles. The molecule has 1 fully saturated rings. The van der Waals surface area contributed by atoms with Crippen LogP contribution >= 0.6 is 0 Å². The number of aliphatic hydroxyl groups excluding tert-OH is 4. The highest BCUT2D eigenvalue weighted by atomic mass is 16.7. The molecule has 0 spiro atoms. The van der Waals surface area contributed by atoms with Crippen molar-refractivity contribution in [1.29, 1.82) is 0 Å². The van der Waals surface area contributed by atoms with Gasteiger partial charge in [-0.3, -0.25) is 0 Å². The molecule has 5 N–H and O–H groups in total. The second kappa shape index (κ2) is 7.49. The number of phenols is 1. The van der Waals surface area contributed by atoms with E-state index in [1.807, 2.05) is 0 Å². The fourth-order valence-corrected chi connectivity index (χ4v) is 3.83. The van der Waals surface area contributed by atoms with Crippen LogP contribution in [-0.2, 0) is 15.9 Å². The van der Waals surface area contributed by atoms with E-state index in [4.69, 9.17) is 18.6 Å². The summed E-state index contributed by atoms with van der Waals surface area (Å²) in [5.41, 5.74) is -0.923. The van der Waals surface area contributed by atoms with Crippen LogP contribution in [0.2, 0.25) is 0 Å². The third-order valence-corrected chi connectivity index (χ3v) is 5.67. The zero-order valence-corrected chi connectivity index (χ0v) is 16.4. The normalized spacial score (nSPS) is 31.5. The van der Waals surface area contributed by atoms with Crippen molar-refractivity contribution < 1.29 is 44.2 Å². The van der Waals surface area contributed by atoms with Gasteiger partial charge in [-0.25, -0.2) is 4.79 Å². The third kappa shape index (κ3) is 3.45. The fraction of sp³-hybridized carbons (Fsp3) is 0.550. The lowest BCUT2D eigenvalue weighted by Gasteiger charge is -2.43. The van der Waals surface area contributed by atoms with Crippen molar-refractivity contribution in [3.8, 4) is 11.5 Å². The van der Waals surface area contributed by atoms with Crippen LogP contribution in [0.5, 0.6) is 11.5 Å². The van der Waals surface area contributed by atoms with E-state index in [-0.39, 0.29) is 17.8 Å². The first-order chi connectivity index (χ1) is 14.1. The Balaban J connectivity index is 1.57. The highest BCUT2D eigenvalue weighted by molar-refractivity contribution is 5.87. The second-order valence-corrected chi connectivity index (χ2v) is 8.10. The zero-order valence-electron chi connectivity index (χ0n) is 16.4. The molecule has 10 nitrogen and oxygen atoms in total. The number of benzene rings is 1. The van der Waals surface area contributed by atoms with E-state index in [0.717, 1.165) is 0 Å². The van der Waals surface area contributed by atoms with Crippen molar-refractivity contribution >= 4 is 11.0 Å². The average molecular weight is 424 g/mol. The molecular formula is C20H24O10. The molecule has 2 aliphatic heterocycles. The van der Waals surface area contributed by atoms with Crippen molar-refractivity contribution in [2.24, 2.45) is 0 Å². The predicted octanol–water partition coefficient (Wildman–Crippen LogP) is -0.603. The Morgan fingerprint density at radius 3 is 2.60 bits per heavy atom. The molecule has 0 radical (unpaired) electrons. The van der Waals surface area contributed by atoms with Crippen LogP contribution in [0.25, 0.3) is 11.0 Å². The van der Waals surface area contributed by atoms with Crippen molar-refractivity contribution in [1.82, 2.24) is 0 Å². The molecule has 1 aromatic carbocycles. The van der Waals surface area contributed by atoms with Crippen molar-refractivity contribution in [2.75, 3.05) is 6.61 Å². The van der Waals surface area contributed by atoms with Crippen molar-refractivity contribution in [3.05, 3.63) is 34.2 Å². The summed E-state index contributed by atoms with van der Waals surface area (Å²) >= 11 is 0. The molecule has 6 atom stereocenters. The molecule has 2 aliphatic rings. The van der Waals surface area contributed by atoms with Gasteiger partial charge in [-0.2, -0.15) is 0 Å². The van der Waals surface area contributed by atoms with Crippen molar-refractivity contribution in [2.45, 2.75) is 62.7 Å². The summed E-state index contributed by atoms with van der Waals surface area (Å²) in [4.78, 5) is 11.5. The van der Waals surface area contributed by atoms with Gasteiger partial charge in [0.1, 0.15) is 53.2 Å². The third-order valence-electron chi connectivity index (χ3n) is 5.67. The number of fused-ring (bicyclic) bond motifs is 2. The van der Waals surface area contributed by atoms with Crippen molar-refractivity contribution in [3.63, 3.8) is 0 Å². The molecule has 0 amide bonds. The molecule has 2 aromatic rings. The molecule has 0 unspecified atom stereocenters. The van der Waals surface area contributed by atoms with Gasteiger partial charge in [0.05, 0.1) is 12.0 Å². The highest BCUT2D eigenvalue weighted by Gasteiger charge is 2.48. The van der Waals surface area contributed by atoms with Gasteiger partial charge in [-0.05, 0) is 19.9 Å². The van der Waals surface area contributed by atoms with E-state index in [9.17, 15) is 30.3 Å². The Labute approximate surface area is 170 Å². The molecule has 0 aliphatic carbocycles. The Morgan fingerprint density at radius 2 is 1.90 bits per heavy atom. The van der Waals surface area contributed by atoms with E-state index in [0.29, 0.717) is 16.7 Å². The van der Waals surface area contributed by atoms with Crippen LogP contribution in [0, 0.1) is 0 Å². The molecule has 164 valence electrons. The molecular weight excluding hydrogens is 400 g/mol. The van der Waals surface area contributed by atoms with Gasteiger partial charge in [-0.15, -0.1) is 0 Å². The van der Waals surface area contributed by atoms with Gasteiger partial charge in [0.2, 0.25) is 0 Å². The van der Waals surface area contributed by atoms with Crippen LogP contribution in [0.3, 0.4) is 0 Å². The molecule has 4 rings (SSSR count). The lowest BCUT2D eigenvalue weighted by atomic mass is 9.94. The number of aliphatic hydroxyl groups is 4. The fourth-order valence-electron chi connectivity index (χ4n) is 3.83. The van der Waals surface area contributed by atoms with Crippen LogP contribution < -0.4 is 10.4 Å². The van der Waals surface area contributed by atoms with Gasteiger partial charge in [0.15, 0.2) is 6.29 Å².